The van der Waals surface area contributed by atoms with Gasteiger partial charge in [-0.05, 0) is 29.3 Å². The standard InChI is InChI=1S/C9H5ClFN3O2/c10-6-3-5(1-2-7(6)11)4-8(9(15)16)13-14-12/h1-4H,(H,15,16). The zero-order valence-corrected chi connectivity index (χ0v) is 8.52. The zero-order valence-electron chi connectivity index (χ0n) is 7.76. The van der Waals surface area contributed by atoms with Crippen molar-refractivity contribution in [3.8, 4) is 0 Å². The van der Waals surface area contributed by atoms with Crippen molar-refractivity contribution < 1.29 is 14.3 Å². The number of nitrogens with zero attached hydrogens (tertiary/aromatic N) is 3. The largest absolute Gasteiger partial charge is 0.478 e. The maximum atomic E-state index is 12.8. The minimum absolute atomic E-state index is 0.139. The van der Waals surface area contributed by atoms with Crippen molar-refractivity contribution in [3.63, 3.8) is 0 Å². The molecule has 1 aromatic rings. The Morgan fingerprint density at radius 1 is 1.62 bits per heavy atom. The molecule has 0 aliphatic heterocycles. The Labute approximate surface area is 94.4 Å². The molecule has 0 radical (unpaired) electrons. The van der Waals surface area contributed by atoms with Crippen LogP contribution in [0.1, 0.15) is 5.56 Å². The minimum Gasteiger partial charge on any atom is -0.478 e. The van der Waals surface area contributed by atoms with Crippen LogP contribution in [0.3, 0.4) is 0 Å². The first-order valence-corrected chi connectivity index (χ1v) is 4.37. The number of azide groups is 1. The van der Waals surface area contributed by atoms with E-state index in [2.05, 4.69) is 10.0 Å². The van der Waals surface area contributed by atoms with E-state index in [0.717, 1.165) is 12.1 Å². The van der Waals surface area contributed by atoms with Gasteiger partial charge in [-0.3, -0.25) is 0 Å². The third kappa shape index (κ3) is 2.98. The Balaban J connectivity index is 3.18. The van der Waals surface area contributed by atoms with Crippen molar-refractivity contribution >= 4 is 23.6 Å². The Hall–Kier alpha value is -2.04. The Kier molecular flexibility index (Phi) is 3.88. The smallest absolute Gasteiger partial charge is 0.338 e. The molecule has 16 heavy (non-hydrogen) atoms. The van der Waals surface area contributed by atoms with Gasteiger partial charge in [-0.15, -0.1) is 0 Å². The molecule has 0 fully saturated rings. The monoisotopic (exact) mass is 241 g/mol. The first-order chi connectivity index (χ1) is 7.54. The van der Waals surface area contributed by atoms with Crippen LogP contribution in [0.4, 0.5) is 4.39 Å². The highest BCUT2D eigenvalue weighted by Crippen LogP contribution is 2.18. The average Bonchev–Trinajstić information content (AvgIpc) is 2.22. The van der Waals surface area contributed by atoms with E-state index in [-0.39, 0.29) is 5.02 Å². The van der Waals surface area contributed by atoms with Gasteiger partial charge >= 0.3 is 5.97 Å². The summed E-state index contributed by atoms with van der Waals surface area (Å²) < 4.78 is 12.8. The van der Waals surface area contributed by atoms with E-state index in [9.17, 15) is 9.18 Å². The lowest BCUT2D eigenvalue weighted by Crippen LogP contribution is -1.96. The van der Waals surface area contributed by atoms with Gasteiger partial charge < -0.3 is 5.11 Å². The number of rotatable bonds is 3. The molecule has 0 bridgehead atoms. The molecule has 0 saturated heterocycles. The van der Waals surface area contributed by atoms with Crippen molar-refractivity contribution in [1.29, 1.82) is 0 Å². The molecule has 82 valence electrons. The van der Waals surface area contributed by atoms with Crippen molar-refractivity contribution in [3.05, 3.63) is 50.7 Å². The lowest BCUT2D eigenvalue weighted by molar-refractivity contribution is -0.132. The second-order valence-electron chi connectivity index (χ2n) is 2.70. The fraction of sp³-hybridized carbons (Fsp3) is 0. The Morgan fingerprint density at radius 2 is 2.31 bits per heavy atom. The molecule has 1 rings (SSSR count). The second-order valence-corrected chi connectivity index (χ2v) is 3.10. The lowest BCUT2D eigenvalue weighted by atomic mass is 10.2. The summed E-state index contributed by atoms with van der Waals surface area (Å²) in [5, 5.41) is 11.5. The Morgan fingerprint density at radius 3 is 2.81 bits per heavy atom. The number of hydrogen-bond acceptors (Lipinski definition) is 2. The summed E-state index contributed by atoms with van der Waals surface area (Å²) >= 11 is 5.50. The normalized spacial score (nSPS) is 10.8. The fourth-order valence-electron chi connectivity index (χ4n) is 0.942. The molecule has 0 aliphatic rings. The topological polar surface area (TPSA) is 86.1 Å². The number of halogens is 2. The lowest BCUT2D eigenvalue weighted by Gasteiger charge is -1.97. The molecule has 0 amide bonds. The fourth-order valence-corrected chi connectivity index (χ4v) is 1.13. The van der Waals surface area contributed by atoms with Crippen molar-refractivity contribution in [2.24, 2.45) is 5.11 Å². The van der Waals surface area contributed by atoms with Crippen molar-refractivity contribution in [2.45, 2.75) is 0 Å². The van der Waals surface area contributed by atoms with Crippen molar-refractivity contribution in [2.75, 3.05) is 0 Å². The second kappa shape index (κ2) is 5.16. The SMILES string of the molecule is [N-]=[N+]=NC(=Cc1ccc(F)c(Cl)c1)C(=O)O. The van der Waals surface area contributed by atoms with E-state index >= 15 is 0 Å². The molecule has 0 aromatic heterocycles. The van der Waals surface area contributed by atoms with Crippen LogP contribution in [-0.2, 0) is 4.79 Å². The van der Waals surface area contributed by atoms with Gasteiger partial charge in [0.05, 0.1) is 5.02 Å². The van der Waals surface area contributed by atoms with E-state index < -0.39 is 17.5 Å². The summed E-state index contributed by atoms with van der Waals surface area (Å²) in [7, 11) is 0. The third-order valence-corrected chi connectivity index (χ3v) is 1.91. The van der Waals surface area contributed by atoms with Gasteiger partial charge in [0, 0.05) is 4.91 Å². The highest BCUT2D eigenvalue weighted by atomic mass is 35.5. The molecule has 7 heteroatoms. The van der Waals surface area contributed by atoms with Crippen LogP contribution in [0.5, 0.6) is 0 Å². The van der Waals surface area contributed by atoms with Crippen LogP contribution < -0.4 is 0 Å². The molecular weight excluding hydrogens is 237 g/mol. The van der Waals surface area contributed by atoms with Gasteiger partial charge in [0.2, 0.25) is 0 Å². The van der Waals surface area contributed by atoms with E-state index in [1.165, 1.54) is 12.1 Å². The molecule has 1 N–H and O–H groups in total. The third-order valence-electron chi connectivity index (χ3n) is 1.62. The highest BCUT2D eigenvalue weighted by molar-refractivity contribution is 6.30. The molecule has 1 aromatic carbocycles. The quantitative estimate of drug-likeness (QED) is 0.381. The van der Waals surface area contributed by atoms with Gasteiger partial charge in [-0.25, -0.2) is 9.18 Å². The maximum absolute atomic E-state index is 12.8. The van der Waals surface area contributed by atoms with Crippen LogP contribution >= 0.6 is 11.6 Å². The number of carbonyl (C=O) groups is 1. The molecule has 0 atom stereocenters. The highest BCUT2D eigenvalue weighted by Gasteiger charge is 2.05. The van der Waals surface area contributed by atoms with Gasteiger partial charge in [-0.2, -0.15) is 0 Å². The molecule has 0 aliphatic carbocycles. The van der Waals surface area contributed by atoms with Crippen molar-refractivity contribution in [1.82, 2.24) is 0 Å². The average molecular weight is 242 g/mol. The van der Waals surface area contributed by atoms with Gasteiger partial charge in [0.1, 0.15) is 11.5 Å². The van der Waals surface area contributed by atoms with E-state index in [1.807, 2.05) is 0 Å². The molecule has 0 heterocycles. The molecule has 0 unspecified atom stereocenters. The first-order valence-electron chi connectivity index (χ1n) is 3.99. The summed E-state index contributed by atoms with van der Waals surface area (Å²) in [6.07, 6.45) is 1.09. The number of aliphatic carboxylic acids is 1. The predicted molar refractivity (Wildman–Crippen MR) is 56.2 cm³/mol. The zero-order chi connectivity index (χ0) is 12.1. The summed E-state index contributed by atoms with van der Waals surface area (Å²) in [5.41, 5.74) is 7.96. The van der Waals surface area contributed by atoms with Crippen LogP contribution in [0.15, 0.2) is 29.0 Å². The number of benzene rings is 1. The first kappa shape index (κ1) is 12.0. The van der Waals surface area contributed by atoms with Crippen LogP contribution in [0.2, 0.25) is 5.02 Å². The van der Waals surface area contributed by atoms with Crippen LogP contribution in [0.25, 0.3) is 16.5 Å². The minimum atomic E-state index is -1.38. The summed E-state index contributed by atoms with van der Waals surface area (Å²) in [4.78, 5) is 13.0. The van der Waals surface area contributed by atoms with E-state index in [0.29, 0.717) is 5.56 Å². The van der Waals surface area contributed by atoms with Crippen LogP contribution in [-0.4, -0.2) is 11.1 Å². The summed E-state index contributed by atoms with van der Waals surface area (Å²) in [5.74, 6) is -1.99. The van der Waals surface area contributed by atoms with Crippen LogP contribution in [0, 0.1) is 5.82 Å². The van der Waals surface area contributed by atoms with E-state index in [4.69, 9.17) is 22.2 Å². The molecule has 0 spiro atoms. The summed E-state index contributed by atoms with van der Waals surface area (Å²) in [6, 6.07) is 3.63. The van der Waals surface area contributed by atoms with Gasteiger partial charge in [-0.1, -0.05) is 22.8 Å². The van der Waals surface area contributed by atoms with E-state index in [1.54, 1.807) is 0 Å². The molecular formula is C9H5ClFN3O2. The molecule has 0 saturated carbocycles. The number of hydrogen-bond donors (Lipinski definition) is 1. The Bertz CT molecular complexity index is 505. The molecule has 5 nitrogen and oxygen atoms in total. The van der Waals surface area contributed by atoms with Gasteiger partial charge in [0.15, 0.2) is 0 Å². The summed E-state index contributed by atoms with van der Waals surface area (Å²) in [6.45, 7) is 0. The number of carboxylic acid groups (broad SMARTS) is 1. The van der Waals surface area contributed by atoms with Gasteiger partial charge in [0.25, 0.3) is 0 Å². The number of carboxylic acids is 1. The predicted octanol–water partition coefficient (Wildman–Crippen LogP) is 3.21. The maximum Gasteiger partial charge on any atom is 0.338 e.